The molecular weight excluding hydrogens is 190 g/mol. The van der Waals surface area contributed by atoms with Crippen LogP contribution in [-0.2, 0) is 4.79 Å². The first kappa shape index (κ1) is 9.77. The largest absolute Gasteiger partial charge is 0.496 e. The third-order valence-corrected chi connectivity index (χ3v) is 2.39. The molecule has 3 heteroatoms. The van der Waals surface area contributed by atoms with Crippen LogP contribution in [0.5, 0.6) is 5.75 Å². The minimum atomic E-state index is 0.162. The molecule has 0 amide bonds. The van der Waals surface area contributed by atoms with E-state index in [1.165, 1.54) is 0 Å². The third-order valence-electron chi connectivity index (χ3n) is 2.39. The van der Waals surface area contributed by atoms with Crippen LogP contribution in [0.25, 0.3) is 5.70 Å². The highest BCUT2D eigenvalue weighted by Crippen LogP contribution is 2.25. The van der Waals surface area contributed by atoms with E-state index in [-0.39, 0.29) is 5.78 Å². The number of ether oxygens (including phenoxy) is 1. The maximum Gasteiger partial charge on any atom is 0.159 e. The molecule has 0 spiro atoms. The molecule has 1 heterocycles. The number of nitrogens with one attached hydrogen (secondary N) is 1. The molecule has 1 aromatic rings. The predicted octanol–water partition coefficient (Wildman–Crippen LogP) is 1.60. The topological polar surface area (TPSA) is 38.3 Å². The van der Waals surface area contributed by atoms with E-state index in [0.717, 1.165) is 17.0 Å². The van der Waals surface area contributed by atoms with Crippen molar-refractivity contribution in [3.05, 3.63) is 35.9 Å². The van der Waals surface area contributed by atoms with Crippen LogP contribution in [0.15, 0.2) is 30.3 Å². The summed E-state index contributed by atoms with van der Waals surface area (Å²) >= 11 is 0. The van der Waals surface area contributed by atoms with Gasteiger partial charge in [0, 0.05) is 30.3 Å². The van der Waals surface area contributed by atoms with Crippen LogP contribution in [0.4, 0.5) is 0 Å². The Hall–Kier alpha value is -1.77. The van der Waals surface area contributed by atoms with Crippen LogP contribution in [0, 0.1) is 0 Å². The number of ketones is 1. The van der Waals surface area contributed by atoms with Gasteiger partial charge in [-0.3, -0.25) is 4.79 Å². The van der Waals surface area contributed by atoms with Gasteiger partial charge in [-0.05, 0) is 12.1 Å². The number of hydrogen-bond donors (Lipinski definition) is 1. The Bertz CT molecular complexity index is 410. The molecule has 0 bridgehead atoms. The number of methoxy groups -OCH3 is 1. The molecule has 1 aromatic carbocycles. The average molecular weight is 203 g/mol. The fourth-order valence-corrected chi connectivity index (χ4v) is 1.64. The van der Waals surface area contributed by atoms with Gasteiger partial charge in [-0.2, -0.15) is 0 Å². The van der Waals surface area contributed by atoms with Crippen molar-refractivity contribution in [2.45, 2.75) is 6.42 Å². The second kappa shape index (κ2) is 4.17. The quantitative estimate of drug-likeness (QED) is 0.793. The summed E-state index contributed by atoms with van der Waals surface area (Å²) in [6.07, 6.45) is 2.21. The molecule has 15 heavy (non-hydrogen) atoms. The predicted molar refractivity (Wildman–Crippen MR) is 58.6 cm³/mol. The van der Waals surface area contributed by atoms with E-state index in [2.05, 4.69) is 5.32 Å². The Morgan fingerprint density at radius 3 is 2.87 bits per heavy atom. The van der Waals surface area contributed by atoms with E-state index in [9.17, 15) is 4.79 Å². The minimum absolute atomic E-state index is 0.162. The zero-order valence-corrected chi connectivity index (χ0v) is 8.62. The molecule has 0 aliphatic carbocycles. The lowest BCUT2D eigenvalue weighted by molar-refractivity contribution is -0.114. The van der Waals surface area contributed by atoms with Crippen LogP contribution in [-0.4, -0.2) is 19.4 Å². The van der Waals surface area contributed by atoms with E-state index in [4.69, 9.17) is 4.74 Å². The number of carbonyl (C=O) groups is 1. The first-order valence-corrected chi connectivity index (χ1v) is 4.93. The van der Waals surface area contributed by atoms with Crippen molar-refractivity contribution < 1.29 is 9.53 Å². The first-order valence-electron chi connectivity index (χ1n) is 4.93. The lowest BCUT2D eigenvalue weighted by atomic mass is 10.1. The highest BCUT2D eigenvalue weighted by Gasteiger charge is 2.13. The summed E-state index contributed by atoms with van der Waals surface area (Å²) in [4.78, 5) is 11.3. The van der Waals surface area contributed by atoms with Crippen molar-refractivity contribution in [3.8, 4) is 5.75 Å². The second-order valence-corrected chi connectivity index (χ2v) is 3.40. The van der Waals surface area contributed by atoms with Gasteiger partial charge in [0.15, 0.2) is 5.78 Å². The number of allylic oxidation sites excluding steroid dienone is 1. The van der Waals surface area contributed by atoms with Gasteiger partial charge in [0.05, 0.1) is 7.11 Å². The number of benzene rings is 1. The fraction of sp³-hybridized carbons (Fsp3) is 0.250. The van der Waals surface area contributed by atoms with Gasteiger partial charge in [0.2, 0.25) is 0 Å². The van der Waals surface area contributed by atoms with Gasteiger partial charge in [-0.15, -0.1) is 0 Å². The van der Waals surface area contributed by atoms with Gasteiger partial charge in [-0.1, -0.05) is 12.1 Å². The van der Waals surface area contributed by atoms with Gasteiger partial charge < -0.3 is 10.1 Å². The molecule has 0 fully saturated rings. The number of para-hydroxylation sites is 1. The van der Waals surface area contributed by atoms with E-state index < -0.39 is 0 Å². The molecule has 0 radical (unpaired) electrons. The summed E-state index contributed by atoms with van der Waals surface area (Å²) < 4.78 is 5.24. The second-order valence-electron chi connectivity index (χ2n) is 3.40. The highest BCUT2D eigenvalue weighted by atomic mass is 16.5. The van der Waals surface area contributed by atoms with Crippen molar-refractivity contribution in [1.29, 1.82) is 0 Å². The summed E-state index contributed by atoms with van der Waals surface area (Å²) in [7, 11) is 1.63. The van der Waals surface area contributed by atoms with Crippen molar-refractivity contribution in [3.63, 3.8) is 0 Å². The van der Waals surface area contributed by atoms with Crippen molar-refractivity contribution in [2.75, 3.05) is 13.7 Å². The Balaban J connectivity index is 2.40. The van der Waals surface area contributed by atoms with Gasteiger partial charge >= 0.3 is 0 Å². The maximum atomic E-state index is 11.3. The standard InChI is InChI=1S/C12H13NO2/c1-15-12-5-3-2-4-10(12)11-8-9(14)6-7-13-11/h2-5,8,13H,6-7H2,1H3. The molecule has 0 saturated heterocycles. The Labute approximate surface area is 88.8 Å². The number of rotatable bonds is 2. The normalized spacial score (nSPS) is 15.5. The van der Waals surface area contributed by atoms with Crippen LogP contribution < -0.4 is 10.1 Å². The molecule has 1 N–H and O–H groups in total. The highest BCUT2D eigenvalue weighted by molar-refractivity contribution is 5.98. The molecular formula is C12H13NO2. The number of hydrogen-bond acceptors (Lipinski definition) is 3. The summed E-state index contributed by atoms with van der Waals surface area (Å²) in [5, 5.41) is 3.20. The zero-order valence-electron chi connectivity index (χ0n) is 8.62. The Morgan fingerprint density at radius 2 is 2.13 bits per heavy atom. The lowest BCUT2D eigenvalue weighted by Crippen LogP contribution is -2.22. The summed E-state index contributed by atoms with van der Waals surface area (Å²) in [6, 6.07) is 7.67. The van der Waals surface area contributed by atoms with E-state index in [1.54, 1.807) is 13.2 Å². The van der Waals surface area contributed by atoms with Crippen LogP contribution in [0.2, 0.25) is 0 Å². The number of carbonyl (C=O) groups excluding carboxylic acids is 1. The van der Waals surface area contributed by atoms with Crippen molar-refractivity contribution in [1.82, 2.24) is 5.32 Å². The third kappa shape index (κ3) is 2.01. The average Bonchev–Trinajstić information content (AvgIpc) is 2.29. The summed E-state index contributed by atoms with van der Waals surface area (Å²) in [6.45, 7) is 0.697. The molecule has 1 aliphatic heterocycles. The first-order chi connectivity index (χ1) is 7.31. The van der Waals surface area contributed by atoms with Crippen LogP contribution >= 0.6 is 0 Å². The Morgan fingerprint density at radius 1 is 1.33 bits per heavy atom. The van der Waals surface area contributed by atoms with Crippen molar-refractivity contribution >= 4 is 11.5 Å². The lowest BCUT2D eigenvalue weighted by Gasteiger charge is -2.17. The van der Waals surface area contributed by atoms with Crippen LogP contribution in [0.3, 0.4) is 0 Å². The van der Waals surface area contributed by atoms with Gasteiger partial charge in [0.25, 0.3) is 0 Å². The molecule has 0 atom stereocenters. The van der Waals surface area contributed by atoms with Gasteiger partial charge in [-0.25, -0.2) is 0 Å². The van der Waals surface area contributed by atoms with Crippen LogP contribution in [0.1, 0.15) is 12.0 Å². The smallest absolute Gasteiger partial charge is 0.159 e. The minimum Gasteiger partial charge on any atom is -0.496 e. The SMILES string of the molecule is COc1ccccc1C1=CC(=O)CCN1. The molecule has 1 aliphatic rings. The molecule has 3 nitrogen and oxygen atoms in total. The fourth-order valence-electron chi connectivity index (χ4n) is 1.64. The molecule has 0 unspecified atom stereocenters. The molecule has 0 saturated carbocycles. The molecule has 0 aromatic heterocycles. The van der Waals surface area contributed by atoms with E-state index in [1.807, 2.05) is 24.3 Å². The summed E-state index contributed by atoms with van der Waals surface area (Å²) in [5.74, 6) is 0.945. The monoisotopic (exact) mass is 203 g/mol. The molecule has 2 rings (SSSR count). The van der Waals surface area contributed by atoms with E-state index >= 15 is 0 Å². The zero-order chi connectivity index (χ0) is 10.7. The Kier molecular flexibility index (Phi) is 2.72. The van der Waals surface area contributed by atoms with Crippen molar-refractivity contribution in [2.24, 2.45) is 0 Å². The summed E-state index contributed by atoms with van der Waals surface area (Å²) in [5.41, 5.74) is 1.79. The van der Waals surface area contributed by atoms with Gasteiger partial charge in [0.1, 0.15) is 5.75 Å². The molecule has 78 valence electrons. The maximum absolute atomic E-state index is 11.3. The van der Waals surface area contributed by atoms with E-state index in [0.29, 0.717) is 13.0 Å².